The fourth-order valence-corrected chi connectivity index (χ4v) is 3.14. The van der Waals surface area contributed by atoms with Crippen molar-refractivity contribution in [3.8, 4) is 0 Å². The second-order valence-electron chi connectivity index (χ2n) is 5.86. The van der Waals surface area contributed by atoms with Gasteiger partial charge in [-0.1, -0.05) is 18.2 Å². The summed E-state index contributed by atoms with van der Waals surface area (Å²) in [7, 11) is 0. The van der Waals surface area contributed by atoms with Gasteiger partial charge in [-0.05, 0) is 49.2 Å². The van der Waals surface area contributed by atoms with Crippen LogP contribution < -0.4 is 4.90 Å². The Morgan fingerprint density at radius 1 is 0.875 bits per heavy atom. The lowest BCUT2D eigenvalue weighted by Gasteiger charge is -2.15. The summed E-state index contributed by atoms with van der Waals surface area (Å²) < 4.78 is 0. The highest BCUT2D eigenvalue weighted by Gasteiger charge is 2.47. The molecule has 0 N–H and O–H groups in total. The molecule has 1 unspecified atom stereocenters. The maximum atomic E-state index is 12.4. The Bertz CT molecular complexity index is 780. The van der Waals surface area contributed by atoms with Gasteiger partial charge < -0.3 is 4.90 Å². The Balaban J connectivity index is 1.53. The Hall–Kier alpha value is -3.02. The number of benzene rings is 2. The van der Waals surface area contributed by atoms with E-state index in [2.05, 4.69) is 10.2 Å². The van der Waals surface area contributed by atoms with Crippen molar-refractivity contribution in [3.63, 3.8) is 0 Å². The summed E-state index contributed by atoms with van der Waals surface area (Å²) in [6.45, 7) is 0.662. The molecule has 6 nitrogen and oxygen atoms in total. The maximum Gasteiger partial charge on any atom is 0.332 e. The molecule has 6 heteroatoms. The molecular weight excluding hydrogens is 304 g/mol. The van der Waals surface area contributed by atoms with Crippen molar-refractivity contribution in [2.75, 3.05) is 11.4 Å². The van der Waals surface area contributed by atoms with Gasteiger partial charge in [0.25, 0.3) is 5.91 Å². The fraction of sp³-hybridized carbons (Fsp3) is 0.222. The molecule has 0 aromatic heterocycles. The molecule has 2 aliphatic heterocycles. The van der Waals surface area contributed by atoms with Gasteiger partial charge in [0, 0.05) is 6.54 Å². The summed E-state index contributed by atoms with van der Waals surface area (Å²) in [6, 6.07) is 15.9. The van der Waals surface area contributed by atoms with E-state index < -0.39 is 0 Å². The molecule has 2 aliphatic rings. The van der Waals surface area contributed by atoms with Gasteiger partial charge in [0.2, 0.25) is 0 Å². The number of rotatable bonds is 3. The lowest BCUT2D eigenvalue weighted by molar-refractivity contribution is -0.119. The molecule has 0 radical (unpaired) electrons. The van der Waals surface area contributed by atoms with E-state index in [1.54, 1.807) is 29.2 Å². The third-order valence-corrected chi connectivity index (χ3v) is 4.34. The third-order valence-electron chi connectivity index (χ3n) is 4.34. The monoisotopic (exact) mass is 320 g/mol. The van der Waals surface area contributed by atoms with Crippen LogP contribution in [0.5, 0.6) is 0 Å². The molecular formula is C18H16N4O2. The van der Waals surface area contributed by atoms with Gasteiger partial charge in [0.05, 0.1) is 17.1 Å². The number of hydrogen-bond acceptors (Lipinski definition) is 4. The summed E-state index contributed by atoms with van der Waals surface area (Å²) in [5.41, 5.74) is 2.02. The molecule has 3 amide bonds. The Kier molecular flexibility index (Phi) is 3.57. The largest absolute Gasteiger partial charge is 0.332 e. The SMILES string of the molecule is O=C1C2CCCN2C(=O)N1c1ccc(N=Nc2ccccc2)cc1. The predicted molar refractivity (Wildman–Crippen MR) is 89.7 cm³/mol. The van der Waals surface area contributed by atoms with Crippen LogP contribution in [0, 0.1) is 0 Å². The number of carbonyl (C=O) groups is 2. The van der Waals surface area contributed by atoms with Gasteiger partial charge in [-0.3, -0.25) is 4.79 Å². The lowest BCUT2D eigenvalue weighted by atomic mass is 10.2. The van der Waals surface area contributed by atoms with Gasteiger partial charge in [-0.25, -0.2) is 9.69 Å². The highest BCUT2D eigenvalue weighted by molar-refractivity contribution is 6.21. The second-order valence-corrected chi connectivity index (χ2v) is 5.86. The highest BCUT2D eigenvalue weighted by Crippen LogP contribution is 2.32. The summed E-state index contributed by atoms with van der Waals surface area (Å²) in [6.07, 6.45) is 1.65. The minimum atomic E-state index is -0.282. The van der Waals surface area contributed by atoms with E-state index in [-0.39, 0.29) is 18.0 Å². The van der Waals surface area contributed by atoms with Crippen LogP contribution in [0.25, 0.3) is 0 Å². The number of azo groups is 1. The summed E-state index contributed by atoms with van der Waals surface area (Å²) >= 11 is 0. The number of anilines is 1. The molecule has 4 rings (SSSR count). The quantitative estimate of drug-likeness (QED) is 0.633. The molecule has 24 heavy (non-hydrogen) atoms. The summed E-state index contributed by atoms with van der Waals surface area (Å²) in [5, 5.41) is 8.32. The number of fused-ring (bicyclic) bond motifs is 1. The average Bonchev–Trinajstić information content (AvgIpc) is 3.19. The van der Waals surface area contributed by atoms with E-state index >= 15 is 0 Å². The molecule has 0 bridgehead atoms. The summed E-state index contributed by atoms with van der Waals surface area (Å²) in [5.74, 6) is -0.129. The molecule has 0 spiro atoms. The first-order valence-electron chi connectivity index (χ1n) is 7.95. The van der Waals surface area contributed by atoms with E-state index in [1.807, 2.05) is 30.3 Å². The molecule has 2 saturated heterocycles. The minimum absolute atomic E-state index is 0.129. The highest BCUT2D eigenvalue weighted by atomic mass is 16.2. The number of hydrogen-bond donors (Lipinski definition) is 0. The van der Waals surface area contributed by atoms with Crippen molar-refractivity contribution < 1.29 is 9.59 Å². The van der Waals surface area contributed by atoms with Crippen molar-refractivity contribution in [1.82, 2.24) is 4.90 Å². The smallest absolute Gasteiger partial charge is 0.312 e. The van der Waals surface area contributed by atoms with Crippen molar-refractivity contribution in [2.24, 2.45) is 10.2 Å². The van der Waals surface area contributed by atoms with Gasteiger partial charge in [0.15, 0.2) is 0 Å². The van der Waals surface area contributed by atoms with E-state index in [0.717, 1.165) is 18.5 Å². The van der Waals surface area contributed by atoms with Crippen LogP contribution in [0.15, 0.2) is 64.8 Å². The zero-order valence-corrected chi connectivity index (χ0v) is 13.0. The standard InChI is InChI=1S/C18H16N4O2/c23-17-16-7-4-12-21(16)18(24)22(17)15-10-8-14(9-11-15)20-19-13-5-2-1-3-6-13/h1-3,5-6,8-11,16H,4,7,12H2. The van der Waals surface area contributed by atoms with Crippen LogP contribution in [0.3, 0.4) is 0 Å². The third kappa shape index (κ3) is 2.46. The Morgan fingerprint density at radius 3 is 2.21 bits per heavy atom. The van der Waals surface area contributed by atoms with Gasteiger partial charge in [0.1, 0.15) is 6.04 Å². The van der Waals surface area contributed by atoms with Crippen LogP contribution in [0.4, 0.5) is 21.9 Å². The van der Waals surface area contributed by atoms with Crippen molar-refractivity contribution >= 4 is 29.0 Å². The first kappa shape index (κ1) is 14.6. The van der Waals surface area contributed by atoms with Crippen LogP contribution >= 0.6 is 0 Å². The zero-order chi connectivity index (χ0) is 16.5. The van der Waals surface area contributed by atoms with Crippen LogP contribution in [0.2, 0.25) is 0 Å². The number of carbonyl (C=O) groups excluding carboxylic acids is 2. The number of urea groups is 1. The van der Waals surface area contributed by atoms with Gasteiger partial charge in [-0.15, -0.1) is 0 Å². The first-order chi connectivity index (χ1) is 11.7. The molecule has 0 saturated carbocycles. The maximum absolute atomic E-state index is 12.4. The van der Waals surface area contributed by atoms with Crippen LogP contribution in [-0.4, -0.2) is 29.4 Å². The number of amides is 3. The normalized spacial score (nSPS) is 20.2. The number of nitrogens with zero attached hydrogens (tertiary/aromatic N) is 4. The molecule has 2 aromatic carbocycles. The Morgan fingerprint density at radius 2 is 1.54 bits per heavy atom. The summed E-state index contributed by atoms with van der Waals surface area (Å²) in [4.78, 5) is 27.7. The molecule has 0 aliphatic carbocycles. The van der Waals surface area contributed by atoms with E-state index in [1.165, 1.54) is 4.90 Å². The van der Waals surface area contributed by atoms with E-state index in [0.29, 0.717) is 17.9 Å². The number of imide groups is 1. The minimum Gasteiger partial charge on any atom is -0.312 e. The molecule has 1 atom stereocenters. The van der Waals surface area contributed by atoms with Crippen LogP contribution in [0.1, 0.15) is 12.8 Å². The van der Waals surface area contributed by atoms with Crippen molar-refractivity contribution in [2.45, 2.75) is 18.9 Å². The van der Waals surface area contributed by atoms with Crippen molar-refractivity contribution in [3.05, 3.63) is 54.6 Å². The van der Waals surface area contributed by atoms with Gasteiger partial charge in [-0.2, -0.15) is 10.2 Å². The first-order valence-corrected chi connectivity index (χ1v) is 7.95. The second kappa shape index (κ2) is 5.88. The fourth-order valence-electron chi connectivity index (χ4n) is 3.14. The molecule has 120 valence electrons. The van der Waals surface area contributed by atoms with Gasteiger partial charge >= 0.3 is 6.03 Å². The molecule has 2 heterocycles. The van der Waals surface area contributed by atoms with E-state index in [9.17, 15) is 9.59 Å². The Labute approximate surface area is 139 Å². The predicted octanol–water partition coefficient (Wildman–Crippen LogP) is 4.03. The average molecular weight is 320 g/mol. The molecule has 2 aromatic rings. The van der Waals surface area contributed by atoms with E-state index in [4.69, 9.17) is 0 Å². The zero-order valence-electron chi connectivity index (χ0n) is 13.0. The van der Waals surface area contributed by atoms with Crippen LogP contribution in [-0.2, 0) is 4.79 Å². The molecule has 2 fully saturated rings. The lowest BCUT2D eigenvalue weighted by Crippen LogP contribution is -2.32. The van der Waals surface area contributed by atoms with Crippen molar-refractivity contribution in [1.29, 1.82) is 0 Å². The topological polar surface area (TPSA) is 65.3 Å².